The molecule has 9 heteroatoms. The Hall–Kier alpha value is -0.870. The van der Waals surface area contributed by atoms with Crippen LogP contribution in [0.25, 0.3) is 0 Å². The molecule has 90 valence electrons. The lowest BCUT2D eigenvalue weighted by Crippen LogP contribution is -2.20. The summed E-state index contributed by atoms with van der Waals surface area (Å²) in [6.45, 7) is 0. The summed E-state index contributed by atoms with van der Waals surface area (Å²) in [4.78, 5) is 3.25. The van der Waals surface area contributed by atoms with Gasteiger partial charge in [-0.2, -0.15) is 0 Å². The number of hydrogen-bond donors (Lipinski definition) is 1. The highest BCUT2D eigenvalue weighted by Crippen LogP contribution is 2.36. The smallest absolute Gasteiger partial charge is 0.401 e. The van der Waals surface area contributed by atoms with Crippen LogP contribution in [0.3, 0.4) is 0 Å². The van der Waals surface area contributed by atoms with E-state index in [1.165, 1.54) is 0 Å². The topological polar surface area (TPSA) is 48.1 Å². The minimum atomic E-state index is -5.09. The van der Waals surface area contributed by atoms with Gasteiger partial charge in [-0.25, -0.2) is 13.8 Å². The molecule has 1 aromatic heterocycles. The number of halogens is 6. The quantitative estimate of drug-likeness (QED) is 0.505. The maximum Gasteiger partial charge on any atom is 0.573 e. The Labute approximate surface area is 99.9 Å². The standard InChI is InChI=1S/C7H4F5IN2O/c8-6(9)4-5(16-7(10,11)12)2(14)1-3(13)15-4/h1,6H,(H2,14,15). The van der Waals surface area contributed by atoms with Crippen LogP contribution in [-0.4, -0.2) is 11.3 Å². The number of ether oxygens (including phenoxy) is 1. The summed E-state index contributed by atoms with van der Waals surface area (Å²) in [7, 11) is 0. The van der Waals surface area contributed by atoms with Gasteiger partial charge in [-0.1, -0.05) is 0 Å². The molecule has 1 rings (SSSR count). The molecule has 0 saturated heterocycles. The summed E-state index contributed by atoms with van der Waals surface area (Å²) in [6.07, 6.45) is -8.29. The van der Waals surface area contributed by atoms with Gasteiger partial charge in [0.2, 0.25) is 0 Å². The molecule has 0 aliphatic carbocycles. The van der Waals surface area contributed by atoms with Crippen molar-refractivity contribution in [3.63, 3.8) is 0 Å². The molecule has 0 bridgehead atoms. The van der Waals surface area contributed by atoms with Gasteiger partial charge < -0.3 is 10.5 Å². The monoisotopic (exact) mass is 354 g/mol. The van der Waals surface area contributed by atoms with Crippen molar-refractivity contribution >= 4 is 28.3 Å². The number of rotatable bonds is 2. The Balaban J connectivity index is 3.25. The van der Waals surface area contributed by atoms with Crippen molar-refractivity contribution in [1.29, 1.82) is 0 Å². The predicted molar refractivity (Wildman–Crippen MR) is 53.0 cm³/mol. The van der Waals surface area contributed by atoms with Crippen LogP contribution in [0.15, 0.2) is 6.07 Å². The Morgan fingerprint density at radius 2 is 1.94 bits per heavy atom. The number of nitrogens with two attached hydrogens (primary N) is 1. The van der Waals surface area contributed by atoms with Gasteiger partial charge in [-0.05, 0) is 28.7 Å². The number of anilines is 1. The zero-order chi connectivity index (χ0) is 12.5. The second-order valence-corrected chi connectivity index (χ2v) is 3.70. The maximum absolute atomic E-state index is 12.4. The second-order valence-electron chi connectivity index (χ2n) is 2.60. The van der Waals surface area contributed by atoms with E-state index in [0.717, 1.165) is 6.07 Å². The SMILES string of the molecule is Nc1cc(I)nc(C(F)F)c1OC(F)(F)F. The van der Waals surface area contributed by atoms with Crippen molar-refractivity contribution < 1.29 is 26.7 Å². The Morgan fingerprint density at radius 1 is 1.38 bits per heavy atom. The Kier molecular flexibility index (Phi) is 3.76. The van der Waals surface area contributed by atoms with E-state index in [1.807, 2.05) is 0 Å². The number of pyridine rings is 1. The first-order valence-corrected chi connectivity index (χ1v) is 4.78. The van der Waals surface area contributed by atoms with Crippen LogP contribution >= 0.6 is 22.6 Å². The van der Waals surface area contributed by atoms with Crippen LogP contribution in [0.2, 0.25) is 0 Å². The molecule has 0 amide bonds. The first kappa shape index (κ1) is 13.2. The largest absolute Gasteiger partial charge is 0.573 e. The fourth-order valence-electron chi connectivity index (χ4n) is 0.915. The van der Waals surface area contributed by atoms with Crippen molar-refractivity contribution in [3.05, 3.63) is 15.5 Å². The van der Waals surface area contributed by atoms with Gasteiger partial charge in [0.1, 0.15) is 3.70 Å². The van der Waals surface area contributed by atoms with E-state index in [1.54, 1.807) is 22.6 Å². The molecule has 0 radical (unpaired) electrons. The van der Waals surface area contributed by atoms with Gasteiger partial charge in [0.25, 0.3) is 6.43 Å². The molecule has 0 saturated carbocycles. The molecule has 1 heterocycles. The molecular weight excluding hydrogens is 350 g/mol. The molecule has 3 nitrogen and oxygen atoms in total. The second kappa shape index (κ2) is 4.55. The molecule has 0 fully saturated rings. The van der Waals surface area contributed by atoms with E-state index in [2.05, 4.69) is 9.72 Å². The summed E-state index contributed by atoms with van der Waals surface area (Å²) in [6, 6.07) is 1.01. The molecule has 1 aromatic rings. The third-order valence-corrected chi connectivity index (χ3v) is 1.97. The van der Waals surface area contributed by atoms with Crippen molar-refractivity contribution in [2.75, 3.05) is 5.73 Å². The van der Waals surface area contributed by atoms with Gasteiger partial charge in [-0.15, -0.1) is 13.2 Å². The van der Waals surface area contributed by atoms with Crippen LogP contribution in [0, 0.1) is 3.70 Å². The highest BCUT2D eigenvalue weighted by molar-refractivity contribution is 14.1. The summed E-state index contributed by atoms with van der Waals surface area (Å²) in [5, 5.41) is 0. The summed E-state index contributed by atoms with van der Waals surface area (Å²) in [5.74, 6) is -1.15. The number of nitrogen functional groups attached to an aromatic ring is 1. The van der Waals surface area contributed by atoms with Crippen LogP contribution < -0.4 is 10.5 Å². The summed E-state index contributed by atoms with van der Waals surface area (Å²) >= 11 is 1.56. The molecule has 2 N–H and O–H groups in total. The van der Waals surface area contributed by atoms with Gasteiger partial charge in [-0.3, -0.25) is 0 Å². The van der Waals surface area contributed by atoms with Crippen LogP contribution in [0.4, 0.5) is 27.6 Å². The molecule has 0 spiro atoms. The van der Waals surface area contributed by atoms with E-state index in [-0.39, 0.29) is 3.70 Å². The third-order valence-electron chi connectivity index (χ3n) is 1.42. The Morgan fingerprint density at radius 3 is 2.38 bits per heavy atom. The van der Waals surface area contributed by atoms with E-state index in [0.29, 0.717) is 0 Å². The molecular formula is C7H4F5IN2O. The zero-order valence-corrected chi connectivity index (χ0v) is 9.51. The number of aromatic nitrogens is 1. The zero-order valence-electron chi connectivity index (χ0n) is 7.36. The van der Waals surface area contributed by atoms with E-state index in [9.17, 15) is 22.0 Å². The lowest BCUT2D eigenvalue weighted by molar-refractivity contribution is -0.275. The average Bonchev–Trinajstić information content (AvgIpc) is 2.07. The predicted octanol–water partition coefficient (Wildman–Crippen LogP) is 3.10. The van der Waals surface area contributed by atoms with Crippen molar-refractivity contribution in [3.8, 4) is 5.75 Å². The minimum absolute atomic E-state index is 0.0555. The van der Waals surface area contributed by atoms with Crippen molar-refractivity contribution in [1.82, 2.24) is 4.98 Å². The van der Waals surface area contributed by atoms with Gasteiger partial charge >= 0.3 is 6.36 Å². The summed E-state index contributed by atoms with van der Waals surface area (Å²) in [5.41, 5.74) is 3.51. The summed E-state index contributed by atoms with van der Waals surface area (Å²) < 4.78 is 64.0. The van der Waals surface area contributed by atoms with Gasteiger partial charge in [0.05, 0.1) is 5.69 Å². The molecule has 0 aliphatic heterocycles. The first-order chi connectivity index (χ1) is 7.20. The number of alkyl halides is 5. The molecule has 16 heavy (non-hydrogen) atoms. The van der Waals surface area contributed by atoms with E-state index in [4.69, 9.17) is 5.73 Å². The number of nitrogens with zero attached hydrogens (tertiary/aromatic N) is 1. The van der Waals surface area contributed by atoms with Crippen molar-refractivity contribution in [2.24, 2.45) is 0 Å². The molecule has 0 atom stereocenters. The fourth-order valence-corrected chi connectivity index (χ4v) is 1.51. The number of hydrogen-bond acceptors (Lipinski definition) is 3. The lowest BCUT2D eigenvalue weighted by Gasteiger charge is -2.14. The van der Waals surface area contributed by atoms with Crippen LogP contribution in [0.1, 0.15) is 12.1 Å². The highest BCUT2D eigenvalue weighted by Gasteiger charge is 2.35. The fraction of sp³-hybridized carbons (Fsp3) is 0.286. The van der Waals surface area contributed by atoms with E-state index < -0.39 is 29.9 Å². The minimum Gasteiger partial charge on any atom is -0.401 e. The van der Waals surface area contributed by atoms with Gasteiger partial charge in [0, 0.05) is 0 Å². The Bertz CT molecular complexity index is 395. The van der Waals surface area contributed by atoms with Gasteiger partial charge in [0.15, 0.2) is 11.4 Å². The molecule has 0 aliphatic rings. The highest BCUT2D eigenvalue weighted by atomic mass is 127. The maximum atomic E-state index is 12.4. The normalized spacial score (nSPS) is 11.9. The molecule has 0 aromatic carbocycles. The van der Waals surface area contributed by atoms with Crippen molar-refractivity contribution in [2.45, 2.75) is 12.8 Å². The van der Waals surface area contributed by atoms with E-state index >= 15 is 0 Å². The third kappa shape index (κ3) is 3.32. The average molecular weight is 354 g/mol. The molecule has 0 unspecified atom stereocenters. The van der Waals surface area contributed by atoms with Crippen LogP contribution in [-0.2, 0) is 0 Å². The first-order valence-electron chi connectivity index (χ1n) is 3.70. The lowest BCUT2D eigenvalue weighted by atomic mass is 10.3. The van der Waals surface area contributed by atoms with Crippen LogP contribution in [0.5, 0.6) is 5.75 Å².